The topological polar surface area (TPSA) is 81.6 Å². The van der Waals surface area contributed by atoms with Crippen LogP contribution in [-0.4, -0.2) is 69.6 Å². The number of hydrogen-bond donors (Lipinski definition) is 1. The van der Waals surface area contributed by atoms with Crippen LogP contribution < -0.4 is 14.8 Å². The third kappa shape index (κ3) is 7.55. The minimum Gasteiger partial charge on any atom is -0.463 e. The van der Waals surface area contributed by atoms with E-state index in [1.165, 1.54) is 0 Å². The van der Waals surface area contributed by atoms with Crippen molar-refractivity contribution in [1.82, 2.24) is 10.2 Å². The average Bonchev–Trinajstić information content (AvgIpc) is 3.19. The van der Waals surface area contributed by atoms with Crippen molar-refractivity contribution in [2.75, 3.05) is 46.8 Å². The van der Waals surface area contributed by atoms with Crippen LogP contribution in [0.1, 0.15) is 44.0 Å². The lowest BCUT2D eigenvalue weighted by Gasteiger charge is -2.18. The van der Waals surface area contributed by atoms with Crippen LogP contribution in [0.4, 0.5) is 0 Å². The smallest absolute Gasteiger partial charge is 0.292 e. The van der Waals surface area contributed by atoms with Gasteiger partial charge in [0.15, 0.2) is 11.5 Å². The highest BCUT2D eigenvalue weighted by atomic mass is 16.7. The summed E-state index contributed by atoms with van der Waals surface area (Å²) in [5, 5.41) is 2.76. The van der Waals surface area contributed by atoms with Gasteiger partial charge in [-0.25, -0.2) is 4.99 Å². The summed E-state index contributed by atoms with van der Waals surface area (Å²) in [6, 6.07) is 5.29. The summed E-state index contributed by atoms with van der Waals surface area (Å²) in [6.45, 7) is 10.4. The van der Waals surface area contributed by atoms with Crippen LogP contribution in [-0.2, 0) is 9.47 Å². The Morgan fingerprint density at radius 3 is 2.72 bits per heavy atom. The van der Waals surface area contributed by atoms with Crippen molar-refractivity contribution in [2.45, 2.75) is 39.7 Å². The zero-order chi connectivity index (χ0) is 21.1. The van der Waals surface area contributed by atoms with Gasteiger partial charge in [-0.05, 0) is 57.6 Å². The van der Waals surface area contributed by atoms with E-state index in [9.17, 15) is 4.79 Å². The van der Waals surface area contributed by atoms with Crippen LogP contribution in [0.25, 0.3) is 0 Å². The Morgan fingerprint density at radius 2 is 2.00 bits per heavy atom. The Bertz CT molecular complexity index is 676. The Morgan fingerprint density at radius 1 is 1.24 bits per heavy atom. The van der Waals surface area contributed by atoms with E-state index in [1.54, 1.807) is 25.3 Å². The van der Waals surface area contributed by atoms with Crippen LogP contribution in [0.2, 0.25) is 0 Å². The van der Waals surface area contributed by atoms with Crippen molar-refractivity contribution in [2.24, 2.45) is 4.99 Å². The maximum Gasteiger partial charge on any atom is 0.292 e. The summed E-state index contributed by atoms with van der Waals surface area (Å²) < 4.78 is 21.3. The minimum absolute atomic E-state index is 0.0279. The van der Waals surface area contributed by atoms with Crippen molar-refractivity contribution in [3.05, 3.63) is 23.8 Å². The highest BCUT2D eigenvalue weighted by Gasteiger charge is 2.18. The van der Waals surface area contributed by atoms with Crippen LogP contribution >= 0.6 is 0 Å². The van der Waals surface area contributed by atoms with Gasteiger partial charge in [0.2, 0.25) is 6.79 Å². The number of amidine groups is 1. The number of rotatable bonds is 11. The van der Waals surface area contributed by atoms with Crippen molar-refractivity contribution < 1.29 is 23.7 Å². The van der Waals surface area contributed by atoms with Gasteiger partial charge in [-0.1, -0.05) is 13.8 Å². The molecule has 8 heteroatoms. The number of nitrogens with zero attached hydrogens (tertiary/aromatic N) is 2. The summed E-state index contributed by atoms with van der Waals surface area (Å²) in [5.41, 5.74) is 0.450. The van der Waals surface area contributed by atoms with Crippen LogP contribution in [0.5, 0.6) is 11.5 Å². The average molecular weight is 408 g/mol. The standard InChI is InChI=1S/C21H33N3O5/c1-5-24(6-2)11-7-8-16(3)22-21(27-13-12-26-4)23-20(25)17-9-10-18-19(14-17)29-15-28-18/h9-10,14,16H,5-8,11-13,15H2,1-4H3,(H,22,23,25)/t16-/m1/s1. The third-order valence-electron chi connectivity index (χ3n) is 4.71. The largest absolute Gasteiger partial charge is 0.463 e. The van der Waals surface area contributed by atoms with Gasteiger partial charge < -0.3 is 23.8 Å². The molecule has 1 aromatic rings. The summed E-state index contributed by atoms with van der Waals surface area (Å²) in [7, 11) is 1.60. The fraction of sp³-hybridized carbons (Fsp3) is 0.619. The summed E-state index contributed by atoms with van der Waals surface area (Å²) in [5.74, 6) is 0.879. The number of carbonyl (C=O) groups excluding carboxylic acids is 1. The molecular formula is C21H33N3O5. The molecule has 162 valence electrons. The molecular weight excluding hydrogens is 374 g/mol. The van der Waals surface area contributed by atoms with E-state index in [1.807, 2.05) is 6.92 Å². The van der Waals surface area contributed by atoms with Crippen LogP contribution in [0, 0.1) is 0 Å². The first-order valence-corrected chi connectivity index (χ1v) is 10.2. The highest BCUT2D eigenvalue weighted by molar-refractivity contribution is 6.04. The van der Waals surface area contributed by atoms with E-state index in [0.717, 1.165) is 32.5 Å². The molecule has 1 aliphatic rings. The molecule has 0 saturated carbocycles. The third-order valence-corrected chi connectivity index (χ3v) is 4.71. The molecule has 0 bridgehead atoms. The lowest BCUT2D eigenvalue weighted by Crippen LogP contribution is -2.34. The normalized spacial score (nSPS) is 14.2. The quantitative estimate of drug-likeness (QED) is 0.345. The Balaban J connectivity index is 1.96. The van der Waals surface area contributed by atoms with Crippen molar-refractivity contribution in [1.29, 1.82) is 0 Å². The van der Waals surface area contributed by atoms with Gasteiger partial charge in [0.1, 0.15) is 6.61 Å². The predicted octanol–water partition coefficient (Wildman–Crippen LogP) is 2.67. The molecule has 0 aliphatic carbocycles. The Hall–Kier alpha value is -2.32. The maximum absolute atomic E-state index is 12.6. The first kappa shape index (κ1) is 23.0. The number of amides is 1. The van der Waals surface area contributed by atoms with Gasteiger partial charge >= 0.3 is 0 Å². The van der Waals surface area contributed by atoms with E-state index in [-0.39, 0.29) is 24.8 Å². The lowest BCUT2D eigenvalue weighted by molar-refractivity contribution is 0.0953. The van der Waals surface area contributed by atoms with Gasteiger partial charge in [0.05, 0.1) is 12.6 Å². The van der Waals surface area contributed by atoms with Gasteiger partial charge in [-0.3, -0.25) is 10.1 Å². The molecule has 1 aromatic carbocycles. The molecule has 1 amide bonds. The number of methoxy groups -OCH3 is 1. The molecule has 0 spiro atoms. The molecule has 1 atom stereocenters. The highest BCUT2D eigenvalue weighted by Crippen LogP contribution is 2.32. The summed E-state index contributed by atoms with van der Waals surface area (Å²) in [6.07, 6.45) is 1.95. The van der Waals surface area contributed by atoms with E-state index in [4.69, 9.17) is 18.9 Å². The van der Waals surface area contributed by atoms with Crippen molar-refractivity contribution >= 4 is 11.9 Å². The second kappa shape index (κ2) is 12.3. The second-order valence-electron chi connectivity index (χ2n) is 6.82. The molecule has 0 fully saturated rings. The molecule has 1 N–H and O–H groups in total. The number of fused-ring (bicyclic) bond motifs is 1. The van der Waals surface area contributed by atoms with Crippen LogP contribution in [0.3, 0.4) is 0 Å². The SMILES string of the molecule is CCN(CC)CCC[C@@H](C)N=C(NC(=O)c1ccc2c(c1)OCO2)OCCOC. The lowest BCUT2D eigenvalue weighted by atomic mass is 10.2. The molecule has 0 radical (unpaired) electrons. The van der Waals surface area contributed by atoms with E-state index in [0.29, 0.717) is 30.3 Å². The zero-order valence-corrected chi connectivity index (χ0v) is 17.9. The Kier molecular flexibility index (Phi) is 9.73. The molecule has 0 unspecified atom stereocenters. The first-order valence-electron chi connectivity index (χ1n) is 10.2. The Labute approximate surface area is 173 Å². The number of aliphatic imine (C=N–C) groups is 1. The molecule has 1 heterocycles. The maximum atomic E-state index is 12.6. The first-order chi connectivity index (χ1) is 14.1. The van der Waals surface area contributed by atoms with E-state index in [2.05, 4.69) is 29.1 Å². The molecule has 1 aliphatic heterocycles. The zero-order valence-electron chi connectivity index (χ0n) is 17.9. The van der Waals surface area contributed by atoms with Crippen molar-refractivity contribution in [3.8, 4) is 11.5 Å². The molecule has 0 aromatic heterocycles. The number of benzene rings is 1. The summed E-state index contributed by atoms with van der Waals surface area (Å²) >= 11 is 0. The molecule has 2 rings (SSSR count). The number of nitrogens with one attached hydrogen (secondary N) is 1. The molecule has 0 saturated heterocycles. The van der Waals surface area contributed by atoms with Gasteiger partial charge in [-0.15, -0.1) is 0 Å². The van der Waals surface area contributed by atoms with E-state index < -0.39 is 0 Å². The van der Waals surface area contributed by atoms with Crippen LogP contribution in [0.15, 0.2) is 23.2 Å². The van der Waals surface area contributed by atoms with Gasteiger partial charge in [0, 0.05) is 12.7 Å². The van der Waals surface area contributed by atoms with Gasteiger partial charge in [0.25, 0.3) is 11.9 Å². The van der Waals surface area contributed by atoms with Gasteiger partial charge in [-0.2, -0.15) is 0 Å². The fourth-order valence-electron chi connectivity index (χ4n) is 2.95. The predicted molar refractivity (Wildman–Crippen MR) is 112 cm³/mol. The summed E-state index contributed by atoms with van der Waals surface area (Å²) in [4.78, 5) is 19.6. The molecule has 29 heavy (non-hydrogen) atoms. The fourth-order valence-corrected chi connectivity index (χ4v) is 2.95. The second-order valence-corrected chi connectivity index (χ2v) is 6.82. The van der Waals surface area contributed by atoms with E-state index >= 15 is 0 Å². The number of carbonyl (C=O) groups is 1. The van der Waals surface area contributed by atoms with Crippen molar-refractivity contribution in [3.63, 3.8) is 0 Å². The number of ether oxygens (including phenoxy) is 4. The monoisotopic (exact) mass is 407 g/mol. The molecule has 8 nitrogen and oxygen atoms in total. The minimum atomic E-state index is -0.310. The number of hydrogen-bond acceptors (Lipinski definition) is 7.